The van der Waals surface area contributed by atoms with Crippen LogP contribution in [0, 0.1) is 11.8 Å². The quantitative estimate of drug-likeness (QED) is 0.543. The normalized spacial score (nSPS) is 21.3. The molecule has 0 bridgehead atoms. The average molecular weight is 373 g/mol. The maximum Gasteiger partial charge on any atom is 0.191 e. The highest BCUT2D eigenvalue weighted by atomic mass is 16.5. The Balaban J connectivity index is 1.45. The Bertz CT molecular complexity index is 612. The molecule has 2 N–H and O–H groups in total. The second-order valence-electron chi connectivity index (χ2n) is 8.27. The number of para-hydroxylation sites is 1. The number of benzene rings is 1. The molecule has 1 aliphatic carbocycles. The zero-order valence-corrected chi connectivity index (χ0v) is 17.2. The van der Waals surface area contributed by atoms with E-state index in [1.54, 1.807) is 0 Å². The van der Waals surface area contributed by atoms with Crippen LogP contribution >= 0.6 is 0 Å². The lowest BCUT2D eigenvalue weighted by atomic mass is 9.97. The van der Waals surface area contributed by atoms with Gasteiger partial charge in [0, 0.05) is 38.3 Å². The minimum Gasteiger partial charge on any atom is -0.493 e. The van der Waals surface area contributed by atoms with Crippen LogP contribution in [0.25, 0.3) is 0 Å². The summed E-state index contributed by atoms with van der Waals surface area (Å²) < 4.78 is 6.01. The van der Waals surface area contributed by atoms with Gasteiger partial charge in [-0.25, -0.2) is 0 Å². The molecule has 1 aromatic rings. The van der Waals surface area contributed by atoms with Crippen LogP contribution in [0.4, 0.5) is 0 Å². The van der Waals surface area contributed by atoms with Gasteiger partial charge in [0.15, 0.2) is 5.96 Å². The summed E-state index contributed by atoms with van der Waals surface area (Å²) >= 11 is 0. The molecule has 0 radical (unpaired) electrons. The number of guanidine groups is 1. The van der Waals surface area contributed by atoms with Crippen molar-refractivity contribution < 1.29 is 4.74 Å². The highest BCUT2D eigenvalue weighted by molar-refractivity contribution is 5.79. The Morgan fingerprint density at radius 3 is 2.74 bits per heavy atom. The summed E-state index contributed by atoms with van der Waals surface area (Å²) in [5.74, 6) is 3.32. The van der Waals surface area contributed by atoms with Gasteiger partial charge in [-0.3, -0.25) is 4.99 Å². The van der Waals surface area contributed by atoms with E-state index in [2.05, 4.69) is 52.6 Å². The molecular formula is C22H36N4O. The van der Waals surface area contributed by atoms with Gasteiger partial charge in [-0.1, -0.05) is 18.2 Å². The Kier molecular flexibility index (Phi) is 7.39. The number of aliphatic imine (C=N–C) groups is 1. The molecule has 5 heteroatoms. The molecule has 0 spiro atoms. The summed E-state index contributed by atoms with van der Waals surface area (Å²) in [5.41, 5.74) is 1.18. The van der Waals surface area contributed by atoms with Crippen molar-refractivity contribution in [3.63, 3.8) is 0 Å². The Morgan fingerprint density at radius 2 is 2.00 bits per heavy atom. The maximum absolute atomic E-state index is 6.01. The summed E-state index contributed by atoms with van der Waals surface area (Å²) in [4.78, 5) is 6.98. The van der Waals surface area contributed by atoms with E-state index in [0.29, 0.717) is 12.0 Å². The predicted octanol–water partition coefficient (Wildman–Crippen LogP) is 3.26. The van der Waals surface area contributed by atoms with Crippen molar-refractivity contribution in [2.75, 3.05) is 33.3 Å². The van der Waals surface area contributed by atoms with E-state index in [1.807, 2.05) is 13.1 Å². The number of piperidine rings is 1. The summed E-state index contributed by atoms with van der Waals surface area (Å²) in [6.07, 6.45) is 5.21. The van der Waals surface area contributed by atoms with E-state index in [4.69, 9.17) is 4.74 Å². The van der Waals surface area contributed by atoms with Crippen LogP contribution < -0.4 is 15.4 Å². The van der Waals surface area contributed by atoms with Crippen molar-refractivity contribution in [2.24, 2.45) is 16.8 Å². The molecule has 1 aliphatic heterocycles. The predicted molar refractivity (Wildman–Crippen MR) is 112 cm³/mol. The zero-order valence-electron chi connectivity index (χ0n) is 17.2. The minimum absolute atomic E-state index is 0.636. The lowest BCUT2D eigenvalue weighted by Crippen LogP contribution is -2.46. The van der Waals surface area contributed by atoms with Crippen molar-refractivity contribution in [3.8, 4) is 5.75 Å². The molecule has 150 valence electrons. The van der Waals surface area contributed by atoms with Crippen LogP contribution in [0.15, 0.2) is 29.3 Å². The van der Waals surface area contributed by atoms with Crippen molar-refractivity contribution in [2.45, 2.75) is 52.1 Å². The first-order chi connectivity index (χ1) is 13.2. The molecule has 1 aromatic carbocycles. The third kappa shape index (κ3) is 6.42. The van der Waals surface area contributed by atoms with E-state index >= 15 is 0 Å². The number of hydrogen-bond acceptors (Lipinski definition) is 3. The minimum atomic E-state index is 0.636. The third-order valence-electron chi connectivity index (χ3n) is 5.65. The highest BCUT2D eigenvalue weighted by Crippen LogP contribution is 2.30. The van der Waals surface area contributed by atoms with Gasteiger partial charge in [-0.05, 0) is 64.0 Å². The first-order valence-corrected chi connectivity index (χ1v) is 10.5. The van der Waals surface area contributed by atoms with Crippen LogP contribution in [0.2, 0.25) is 0 Å². The van der Waals surface area contributed by atoms with Crippen molar-refractivity contribution in [1.82, 2.24) is 15.5 Å². The first-order valence-electron chi connectivity index (χ1n) is 10.5. The van der Waals surface area contributed by atoms with Crippen molar-refractivity contribution >= 4 is 5.96 Å². The van der Waals surface area contributed by atoms with Gasteiger partial charge in [0.05, 0.1) is 6.61 Å². The molecule has 1 unspecified atom stereocenters. The number of nitrogens with zero attached hydrogens (tertiary/aromatic N) is 2. The van der Waals surface area contributed by atoms with E-state index in [-0.39, 0.29) is 0 Å². The largest absolute Gasteiger partial charge is 0.493 e. The fourth-order valence-corrected chi connectivity index (χ4v) is 3.66. The van der Waals surface area contributed by atoms with E-state index in [0.717, 1.165) is 37.3 Å². The lowest BCUT2D eigenvalue weighted by molar-refractivity contribution is 0.141. The van der Waals surface area contributed by atoms with Crippen LogP contribution in [-0.4, -0.2) is 50.2 Å². The van der Waals surface area contributed by atoms with E-state index < -0.39 is 0 Å². The van der Waals surface area contributed by atoms with Gasteiger partial charge in [-0.15, -0.1) is 0 Å². The molecule has 5 nitrogen and oxygen atoms in total. The summed E-state index contributed by atoms with van der Waals surface area (Å²) in [6, 6.07) is 8.95. The maximum atomic E-state index is 6.01. The van der Waals surface area contributed by atoms with Gasteiger partial charge >= 0.3 is 0 Å². The van der Waals surface area contributed by atoms with Crippen LogP contribution in [0.5, 0.6) is 5.75 Å². The third-order valence-corrected chi connectivity index (χ3v) is 5.65. The van der Waals surface area contributed by atoms with Crippen LogP contribution in [0.1, 0.15) is 45.1 Å². The van der Waals surface area contributed by atoms with Gasteiger partial charge in [0.2, 0.25) is 0 Å². The smallest absolute Gasteiger partial charge is 0.191 e. The topological polar surface area (TPSA) is 48.9 Å². The fraction of sp³-hybridized carbons (Fsp3) is 0.682. The molecule has 1 atom stereocenters. The summed E-state index contributed by atoms with van der Waals surface area (Å²) in [6.45, 7) is 9.54. The molecule has 27 heavy (non-hydrogen) atoms. The van der Waals surface area contributed by atoms with Crippen LogP contribution in [0.3, 0.4) is 0 Å². The average Bonchev–Trinajstić information content (AvgIpc) is 3.52. The molecule has 1 heterocycles. The first kappa shape index (κ1) is 20.0. The molecule has 2 fully saturated rings. The molecular weight excluding hydrogens is 336 g/mol. The van der Waals surface area contributed by atoms with E-state index in [9.17, 15) is 0 Å². The van der Waals surface area contributed by atoms with Crippen LogP contribution in [-0.2, 0) is 6.54 Å². The number of ether oxygens (including phenoxy) is 1. The zero-order chi connectivity index (χ0) is 19.1. The fourth-order valence-electron chi connectivity index (χ4n) is 3.66. The Hall–Kier alpha value is -1.75. The van der Waals surface area contributed by atoms with Gasteiger partial charge in [-0.2, -0.15) is 0 Å². The molecule has 1 saturated heterocycles. The lowest BCUT2D eigenvalue weighted by Gasteiger charge is -2.35. The van der Waals surface area contributed by atoms with E-state index in [1.165, 1.54) is 44.3 Å². The summed E-state index contributed by atoms with van der Waals surface area (Å²) in [7, 11) is 1.84. The Morgan fingerprint density at radius 1 is 1.19 bits per heavy atom. The second kappa shape index (κ2) is 9.98. The van der Waals surface area contributed by atoms with Gasteiger partial charge in [0.1, 0.15) is 5.75 Å². The number of rotatable bonds is 8. The Labute approximate surface area is 164 Å². The monoisotopic (exact) mass is 372 g/mol. The molecule has 2 aliphatic rings. The number of nitrogens with one attached hydrogen (secondary N) is 2. The van der Waals surface area contributed by atoms with Crippen molar-refractivity contribution in [3.05, 3.63) is 29.8 Å². The molecule has 3 rings (SSSR count). The SMILES string of the molecule is CN=C(NCc1ccccc1OCC1CC1)NCC1CCCN(C(C)C)C1. The molecule has 0 amide bonds. The molecule has 0 aromatic heterocycles. The molecule has 1 saturated carbocycles. The van der Waals surface area contributed by atoms with Crippen molar-refractivity contribution in [1.29, 1.82) is 0 Å². The number of likely N-dealkylation sites (tertiary alicyclic amines) is 1. The second-order valence-corrected chi connectivity index (χ2v) is 8.27. The van der Waals surface area contributed by atoms with Gasteiger partial charge in [0.25, 0.3) is 0 Å². The number of hydrogen-bond donors (Lipinski definition) is 2. The highest BCUT2D eigenvalue weighted by Gasteiger charge is 2.23. The van der Waals surface area contributed by atoms with Gasteiger partial charge < -0.3 is 20.3 Å². The standard InChI is InChI=1S/C22H36N4O/c1-17(2)26-12-6-7-19(15-26)13-24-22(23-3)25-14-20-8-4-5-9-21(20)27-16-18-10-11-18/h4-5,8-9,17-19H,6-7,10-16H2,1-3H3,(H2,23,24,25). The summed E-state index contributed by atoms with van der Waals surface area (Å²) in [5, 5.41) is 6.97.